The van der Waals surface area contributed by atoms with Gasteiger partial charge >= 0.3 is 5.97 Å². The molecule has 0 aliphatic rings. The Hall–Kier alpha value is -2.74. The molecule has 1 aromatic heterocycles. The molecule has 2 aromatic rings. The van der Waals surface area contributed by atoms with Gasteiger partial charge in [0.05, 0.1) is 17.3 Å². The summed E-state index contributed by atoms with van der Waals surface area (Å²) in [4.78, 5) is 11.9. The molecule has 5 nitrogen and oxygen atoms in total. The zero-order chi connectivity index (χ0) is 13.8. The molecule has 5 heteroatoms. The van der Waals surface area contributed by atoms with Gasteiger partial charge in [0.1, 0.15) is 12.3 Å². The van der Waals surface area contributed by atoms with Gasteiger partial charge in [-0.25, -0.2) is 4.79 Å². The third kappa shape index (κ3) is 2.75. The van der Waals surface area contributed by atoms with Gasteiger partial charge in [0.15, 0.2) is 0 Å². The first-order valence-corrected chi connectivity index (χ1v) is 5.69. The number of carbonyl (C=O) groups is 1. The number of ether oxygens (including phenoxy) is 1. The van der Waals surface area contributed by atoms with Crippen LogP contribution in [-0.2, 0) is 18.4 Å². The lowest BCUT2D eigenvalue weighted by Gasteiger charge is -2.06. The zero-order valence-electron chi connectivity index (χ0n) is 10.5. The number of hydrogen-bond donors (Lipinski definition) is 1. The summed E-state index contributed by atoms with van der Waals surface area (Å²) >= 11 is 0. The van der Waals surface area contributed by atoms with Crippen molar-refractivity contribution in [2.24, 2.45) is 7.05 Å². The number of esters is 1. The van der Waals surface area contributed by atoms with Gasteiger partial charge < -0.3 is 15.0 Å². The number of aryl methyl sites for hydroxylation is 1. The minimum atomic E-state index is -0.466. The van der Waals surface area contributed by atoms with E-state index in [2.05, 4.69) is 6.07 Å². The number of nitrogen functional groups attached to an aromatic ring is 1. The molecule has 0 aliphatic carbocycles. The molecule has 2 N–H and O–H groups in total. The van der Waals surface area contributed by atoms with E-state index in [9.17, 15) is 4.79 Å². The molecule has 0 unspecified atom stereocenters. The Balaban J connectivity index is 2.09. The summed E-state index contributed by atoms with van der Waals surface area (Å²) in [6.07, 6.45) is 1.64. The van der Waals surface area contributed by atoms with Crippen LogP contribution in [0, 0.1) is 11.3 Å². The van der Waals surface area contributed by atoms with Crippen molar-refractivity contribution in [1.29, 1.82) is 5.26 Å². The Kier molecular flexibility index (Phi) is 3.53. The summed E-state index contributed by atoms with van der Waals surface area (Å²) in [7, 11) is 1.72. The third-order valence-electron chi connectivity index (χ3n) is 2.73. The van der Waals surface area contributed by atoms with Crippen molar-refractivity contribution in [3.63, 3.8) is 0 Å². The summed E-state index contributed by atoms with van der Waals surface area (Å²) in [5.74, 6) is -0.466. The zero-order valence-corrected chi connectivity index (χ0v) is 10.5. The first kappa shape index (κ1) is 12.7. The number of rotatable bonds is 3. The Bertz CT molecular complexity index is 653. The summed E-state index contributed by atoms with van der Waals surface area (Å²) in [5, 5.41) is 8.94. The molecule has 1 aromatic carbocycles. The maximum Gasteiger partial charge on any atom is 0.355 e. The van der Waals surface area contributed by atoms with Gasteiger partial charge in [0.25, 0.3) is 0 Å². The van der Waals surface area contributed by atoms with Gasteiger partial charge in [-0.3, -0.25) is 0 Å². The number of nitriles is 1. The summed E-state index contributed by atoms with van der Waals surface area (Å²) in [6.45, 7) is 0.0631. The molecule has 0 amide bonds. The van der Waals surface area contributed by atoms with Crippen molar-refractivity contribution in [3.05, 3.63) is 53.3 Å². The molecular formula is C14H13N3O2. The Morgan fingerprint density at radius 2 is 2.21 bits per heavy atom. The van der Waals surface area contributed by atoms with Crippen molar-refractivity contribution in [3.8, 4) is 6.07 Å². The van der Waals surface area contributed by atoms with Crippen molar-refractivity contribution in [2.75, 3.05) is 5.73 Å². The molecule has 1 heterocycles. The standard InChI is InChI=1S/C14H13N3O2/c1-17-8-12(16)6-13(17)14(18)19-9-11-5-3-2-4-10(11)7-15/h2-6,8H,9,16H2,1H3. The molecule has 0 spiro atoms. The fraction of sp³-hybridized carbons (Fsp3) is 0.143. The highest BCUT2D eigenvalue weighted by Gasteiger charge is 2.13. The van der Waals surface area contributed by atoms with Crippen LogP contribution in [-0.4, -0.2) is 10.5 Å². The summed E-state index contributed by atoms with van der Waals surface area (Å²) < 4.78 is 6.79. The monoisotopic (exact) mass is 255 g/mol. The highest BCUT2D eigenvalue weighted by molar-refractivity contribution is 5.89. The number of nitrogens with two attached hydrogens (primary N) is 1. The predicted octanol–water partition coefficient (Wildman–Crippen LogP) is 1.84. The van der Waals surface area contributed by atoms with Crippen LogP contribution < -0.4 is 5.73 Å². The number of carbonyl (C=O) groups excluding carboxylic acids is 1. The van der Waals surface area contributed by atoms with E-state index >= 15 is 0 Å². The molecule has 2 rings (SSSR count). The van der Waals surface area contributed by atoms with Crippen molar-refractivity contribution < 1.29 is 9.53 Å². The van der Waals surface area contributed by atoms with Crippen molar-refractivity contribution in [2.45, 2.75) is 6.61 Å². The quantitative estimate of drug-likeness (QED) is 0.848. The van der Waals surface area contributed by atoms with Crippen LogP contribution in [0.1, 0.15) is 21.6 Å². The fourth-order valence-corrected chi connectivity index (χ4v) is 1.77. The molecule has 96 valence electrons. The van der Waals surface area contributed by atoms with E-state index in [1.807, 2.05) is 0 Å². The van der Waals surface area contributed by atoms with E-state index in [1.165, 1.54) is 0 Å². The Morgan fingerprint density at radius 3 is 2.84 bits per heavy atom. The summed E-state index contributed by atoms with van der Waals surface area (Å²) in [6, 6.07) is 10.6. The minimum absolute atomic E-state index is 0.0631. The topological polar surface area (TPSA) is 81.0 Å². The molecule has 0 bridgehead atoms. The van der Waals surface area contributed by atoms with E-state index in [-0.39, 0.29) is 6.61 Å². The fourth-order valence-electron chi connectivity index (χ4n) is 1.77. The number of hydrogen-bond acceptors (Lipinski definition) is 4. The van der Waals surface area contributed by atoms with Crippen LogP contribution in [0.3, 0.4) is 0 Å². The molecule has 0 atom stereocenters. The van der Waals surface area contributed by atoms with E-state index in [4.69, 9.17) is 15.7 Å². The highest BCUT2D eigenvalue weighted by atomic mass is 16.5. The van der Waals surface area contributed by atoms with Crippen LogP contribution in [0.4, 0.5) is 5.69 Å². The lowest BCUT2D eigenvalue weighted by molar-refractivity contribution is 0.0461. The van der Waals surface area contributed by atoms with Crippen molar-refractivity contribution in [1.82, 2.24) is 4.57 Å². The van der Waals surface area contributed by atoms with Crippen LogP contribution in [0.2, 0.25) is 0 Å². The maximum atomic E-state index is 11.9. The minimum Gasteiger partial charge on any atom is -0.456 e. The highest BCUT2D eigenvalue weighted by Crippen LogP contribution is 2.13. The number of benzene rings is 1. The van der Waals surface area contributed by atoms with E-state index < -0.39 is 5.97 Å². The number of anilines is 1. The first-order valence-electron chi connectivity index (χ1n) is 5.69. The maximum absolute atomic E-state index is 11.9. The molecule has 0 saturated heterocycles. The van der Waals surface area contributed by atoms with Crippen LogP contribution in [0.25, 0.3) is 0 Å². The second kappa shape index (κ2) is 5.27. The average molecular weight is 255 g/mol. The first-order chi connectivity index (χ1) is 9.11. The van der Waals surface area contributed by atoms with E-state index in [0.717, 1.165) is 0 Å². The number of nitrogens with zero attached hydrogens (tertiary/aromatic N) is 2. The second-order valence-corrected chi connectivity index (χ2v) is 4.11. The van der Waals surface area contributed by atoms with E-state index in [1.54, 1.807) is 48.1 Å². The van der Waals surface area contributed by atoms with Crippen LogP contribution in [0.15, 0.2) is 36.5 Å². The van der Waals surface area contributed by atoms with Crippen LogP contribution >= 0.6 is 0 Å². The predicted molar refractivity (Wildman–Crippen MR) is 70.1 cm³/mol. The lowest BCUT2D eigenvalue weighted by Crippen LogP contribution is -2.10. The Morgan fingerprint density at radius 1 is 1.47 bits per heavy atom. The van der Waals surface area contributed by atoms with Crippen molar-refractivity contribution >= 4 is 11.7 Å². The van der Waals surface area contributed by atoms with Gasteiger partial charge in [-0.1, -0.05) is 18.2 Å². The molecule has 0 saturated carbocycles. The smallest absolute Gasteiger partial charge is 0.355 e. The second-order valence-electron chi connectivity index (χ2n) is 4.11. The lowest BCUT2D eigenvalue weighted by atomic mass is 10.1. The van der Waals surface area contributed by atoms with Gasteiger partial charge in [0, 0.05) is 18.8 Å². The molecule has 0 radical (unpaired) electrons. The van der Waals surface area contributed by atoms with Crippen LogP contribution in [0.5, 0.6) is 0 Å². The molecule has 0 fully saturated rings. The van der Waals surface area contributed by atoms with Gasteiger partial charge in [0.2, 0.25) is 0 Å². The van der Waals surface area contributed by atoms with Gasteiger partial charge in [-0.2, -0.15) is 5.26 Å². The van der Waals surface area contributed by atoms with Gasteiger partial charge in [-0.15, -0.1) is 0 Å². The molecule has 0 aliphatic heterocycles. The molecular weight excluding hydrogens is 242 g/mol. The Labute approximate surface area is 110 Å². The average Bonchev–Trinajstić information content (AvgIpc) is 2.75. The SMILES string of the molecule is Cn1cc(N)cc1C(=O)OCc1ccccc1C#N. The number of aromatic nitrogens is 1. The third-order valence-corrected chi connectivity index (χ3v) is 2.73. The van der Waals surface area contributed by atoms with Gasteiger partial charge in [-0.05, 0) is 12.1 Å². The largest absolute Gasteiger partial charge is 0.456 e. The van der Waals surface area contributed by atoms with E-state index in [0.29, 0.717) is 22.5 Å². The molecule has 19 heavy (non-hydrogen) atoms. The summed E-state index contributed by atoms with van der Waals surface area (Å²) in [5.41, 5.74) is 7.67. The normalized spacial score (nSPS) is 9.89.